The van der Waals surface area contributed by atoms with Crippen molar-refractivity contribution in [3.05, 3.63) is 58.8 Å². The summed E-state index contributed by atoms with van der Waals surface area (Å²) in [5, 5.41) is 1.80. The summed E-state index contributed by atoms with van der Waals surface area (Å²) in [5.41, 5.74) is 0.366. The van der Waals surface area contributed by atoms with Gasteiger partial charge in [-0.2, -0.15) is 0 Å². The van der Waals surface area contributed by atoms with Crippen LogP contribution in [0.5, 0.6) is 5.75 Å². The molecule has 6 unspecified atom stereocenters. The van der Waals surface area contributed by atoms with Crippen LogP contribution in [0, 0.1) is 35.5 Å². The van der Waals surface area contributed by atoms with Crippen LogP contribution in [0.3, 0.4) is 0 Å². The minimum Gasteiger partial charge on any atom is -0.420 e. The molecule has 6 heteroatoms. The molecule has 2 aromatic rings. The molecule has 140 valence electrons. The van der Waals surface area contributed by atoms with E-state index < -0.39 is 5.97 Å². The number of ether oxygens (including phenoxy) is 1. The van der Waals surface area contributed by atoms with E-state index in [1.807, 2.05) is 0 Å². The number of para-hydroxylation sites is 2. The summed E-state index contributed by atoms with van der Waals surface area (Å²) in [5.74, 6) is 0.358. The second-order valence-corrected chi connectivity index (χ2v) is 8.95. The number of carbonyl (C=O) groups excluding carboxylic acids is 3. The number of hydrogen-bond acceptors (Lipinski definition) is 5. The SMILES string of the molecule is O=C(Oc1ccccc1N1C(=O)C2C3C=CC(C4CC34)C2C1=O)c1cccs1. The lowest BCUT2D eigenvalue weighted by Crippen LogP contribution is -2.40. The summed E-state index contributed by atoms with van der Waals surface area (Å²) in [7, 11) is 0. The van der Waals surface area contributed by atoms with E-state index >= 15 is 0 Å². The van der Waals surface area contributed by atoms with Crippen LogP contribution < -0.4 is 9.64 Å². The fraction of sp³-hybridized carbons (Fsp3) is 0.318. The van der Waals surface area contributed by atoms with Gasteiger partial charge in [0, 0.05) is 0 Å². The zero-order valence-corrected chi connectivity index (χ0v) is 15.7. The molecule has 5 nitrogen and oxygen atoms in total. The molecule has 0 spiro atoms. The number of thiophene rings is 1. The summed E-state index contributed by atoms with van der Waals surface area (Å²) in [6.07, 6.45) is 5.43. The van der Waals surface area contributed by atoms with Crippen LogP contribution in [0.25, 0.3) is 0 Å². The van der Waals surface area contributed by atoms with Crippen molar-refractivity contribution in [2.75, 3.05) is 4.90 Å². The molecule has 3 fully saturated rings. The molecular formula is C22H17NO4S. The van der Waals surface area contributed by atoms with E-state index in [-0.39, 0.29) is 41.2 Å². The van der Waals surface area contributed by atoms with Crippen LogP contribution in [0.15, 0.2) is 53.9 Å². The Balaban J connectivity index is 1.36. The molecule has 6 atom stereocenters. The van der Waals surface area contributed by atoms with Crippen LogP contribution >= 0.6 is 11.3 Å². The monoisotopic (exact) mass is 391 g/mol. The molecule has 5 aliphatic rings. The Hall–Kier alpha value is -2.73. The smallest absolute Gasteiger partial charge is 0.353 e. The Kier molecular flexibility index (Phi) is 3.27. The van der Waals surface area contributed by atoms with Crippen molar-refractivity contribution in [1.82, 2.24) is 0 Å². The first-order chi connectivity index (χ1) is 13.6. The highest BCUT2D eigenvalue weighted by atomic mass is 32.1. The fourth-order valence-corrected chi connectivity index (χ4v) is 6.07. The van der Waals surface area contributed by atoms with Crippen LogP contribution in [-0.2, 0) is 9.59 Å². The molecule has 28 heavy (non-hydrogen) atoms. The molecule has 2 amide bonds. The van der Waals surface area contributed by atoms with Gasteiger partial charge in [-0.05, 0) is 53.7 Å². The molecule has 1 aromatic heterocycles. The van der Waals surface area contributed by atoms with Crippen LogP contribution in [-0.4, -0.2) is 17.8 Å². The maximum Gasteiger partial charge on any atom is 0.353 e. The Morgan fingerprint density at radius 1 is 0.964 bits per heavy atom. The maximum atomic E-state index is 13.3. The number of allylic oxidation sites excluding steroid dienone is 2. The summed E-state index contributed by atoms with van der Waals surface area (Å²) in [6, 6.07) is 10.3. The molecule has 1 aromatic carbocycles. The lowest BCUT2D eigenvalue weighted by Gasteiger charge is -2.37. The average Bonchev–Trinajstić information content (AvgIpc) is 3.27. The van der Waals surface area contributed by atoms with E-state index in [0.29, 0.717) is 22.4 Å². The first-order valence-electron chi connectivity index (χ1n) is 9.56. The first kappa shape index (κ1) is 16.2. The van der Waals surface area contributed by atoms with Crippen molar-refractivity contribution in [3.8, 4) is 5.75 Å². The van der Waals surface area contributed by atoms with E-state index in [1.165, 1.54) is 16.2 Å². The van der Waals surface area contributed by atoms with Crippen molar-refractivity contribution in [1.29, 1.82) is 0 Å². The van der Waals surface area contributed by atoms with Gasteiger partial charge in [-0.25, -0.2) is 9.69 Å². The molecular weight excluding hydrogens is 374 g/mol. The van der Waals surface area contributed by atoms with E-state index in [1.54, 1.807) is 41.8 Å². The van der Waals surface area contributed by atoms with E-state index in [2.05, 4.69) is 12.2 Å². The summed E-state index contributed by atoms with van der Waals surface area (Å²) in [4.78, 5) is 40.8. The predicted molar refractivity (Wildman–Crippen MR) is 103 cm³/mol. The second kappa shape index (κ2) is 5.64. The van der Waals surface area contributed by atoms with Gasteiger partial charge in [-0.15, -0.1) is 11.3 Å². The highest BCUT2D eigenvalue weighted by molar-refractivity contribution is 7.12. The second-order valence-electron chi connectivity index (χ2n) is 8.00. The van der Waals surface area contributed by atoms with Crippen molar-refractivity contribution in [3.63, 3.8) is 0 Å². The van der Waals surface area contributed by atoms with Gasteiger partial charge >= 0.3 is 5.97 Å². The number of nitrogens with zero attached hydrogens (tertiary/aromatic N) is 1. The number of rotatable bonds is 3. The highest BCUT2D eigenvalue weighted by Gasteiger charge is 2.67. The van der Waals surface area contributed by atoms with Gasteiger partial charge in [-0.3, -0.25) is 9.59 Å². The molecule has 1 aliphatic heterocycles. The summed E-state index contributed by atoms with van der Waals surface area (Å²) >= 11 is 1.29. The molecule has 2 bridgehead atoms. The Morgan fingerprint density at radius 2 is 1.64 bits per heavy atom. The van der Waals surface area contributed by atoms with Gasteiger partial charge < -0.3 is 4.74 Å². The summed E-state index contributed by atoms with van der Waals surface area (Å²) in [6.45, 7) is 0. The van der Waals surface area contributed by atoms with Crippen LogP contribution in [0.2, 0.25) is 0 Å². The van der Waals surface area contributed by atoms with Crippen molar-refractivity contribution in [2.24, 2.45) is 35.5 Å². The van der Waals surface area contributed by atoms with Gasteiger partial charge in [0.2, 0.25) is 11.8 Å². The van der Waals surface area contributed by atoms with Gasteiger partial charge in [0.15, 0.2) is 5.75 Å². The fourth-order valence-electron chi connectivity index (χ4n) is 5.47. The Bertz CT molecular complexity index is 1010. The molecule has 1 saturated heterocycles. The maximum absolute atomic E-state index is 13.3. The van der Waals surface area contributed by atoms with E-state index in [0.717, 1.165) is 6.42 Å². The van der Waals surface area contributed by atoms with Crippen molar-refractivity contribution < 1.29 is 19.1 Å². The largest absolute Gasteiger partial charge is 0.420 e. The zero-order chi connectivity index (χ0) is 19.0. The average molecular weight is 391 g/mol. The molecule has 2 heterocycles. The normalized spacial score (nSPS) is 34.4. The number of anilines is 1. The van der Waals surface area contributed by atoms with E-state index in [9.17, 15) is 14.4 Å². The van der Waals surface area contributed by atoms with Gasteiger partial charge in [0.1, 0.15) is 4.88 Å². The van der Waals surface area contributed by atoms with Crippen LogP contribution in [0.4, 0.5) is 5.69 Å². The molecule has 0 radical (unpaired) electrons. The van der Waals surface area contributed by atoms with E-state index in [4.69, 9.17) is 4.74 Å². The minimum atomic E-state index is -0.484. The first-order valence-corrected chi connectivity index (χ1v) is 10.4. The van der Waals surface area contributed by atoms with Gasteiger partial charge in [-0.1, -0.05) is 30.4 Å². The molecule has 7 rings (SSSR count). The topological polar surface area (TPSA) is 63.7 Å². The van der Waals surface area contributed by atoms with Crippen molar-refractivity contribution >= 4 is 34.8 Å². The molecule has 4 aliphatic carbocycles. The third kappa shape index (κ3) is 2.09. The Labute approximate surface area is 165 Å². The van der Waals surface area contributed by atoms with Crippen LogP contribution in [0.1, 0.15) is 16.1 Å². The Morgan fingerprint density at radius 3 is 2.29 bits per heavy atom. The number of amides is 2. The predicted octanol–water partition coefficient (Wildman–Crippen LogP) is 3.52. The zero-order valence-electron chi connectivity index (χ0n) is 14.9. The minimum absolute atomic E-state index is 0.153. The number of benzene rings is 1. The highest BCUT2D eigenvalue weighted by Crippen LogP contribution is 2.65. The third-order valence-corrected chi connectivity index (χ3v) is 7.54. The summed E-state index contributed by atoms with van der Waals surface area (Å²) < 4.78 is 5.56. The third-order valence-electron chi connectivity index (χ3n) is 6.69. The number of imide groups is 1. The van der Waals surface area contributed by atoms with Gasteiger partial charge in [0.25, 0.3) is 0 Å². The molecule has 0 N–H and O–H groups in total. The number of hydrogen-bond donors (Lipinski definition) is 0. The molecule has 2 saturated carbocycles. The van der Waals surface area contributed by atoms with Crippen molar-refractivity contribution in [2.45, 2.75) is 6.42 Å². The quantitative estimate of drug-likeness (QED) is 0.348. The van der Waals surface area contributed by atoms with Gasteiger partial charge in [0.05, 0.1) is 17.5 Å². The lowest BCUT2D eigenvalue weighted by molar-refractivity contribution is -0.124. The lowest BCUT2D eigenvalue weighted by atomic mass is 9.63. The standard InChI is InChI=1S/C22H17NO4S/c24-20-18-11-7-8-12(14-10-13(11)14)19(18)21(25)23(20)15-4-1-2-5-16(15)27-22(26)17-6-3-9-28-17/h1-9,11-14,18-19H,10H2. The number of esters is 1. The number of carbonyl (C=O) groups is 3.